The summed E-state index contributed by atoms with van der Waals surface area (Å²) < 4.78 is 25.3. The predicted molar refractivity (Wildman–Crippen MR) is 190 cm³/mol. The molecule has 1 N–H and O–H groups in total. The molecular weight excluding hydrogens is 643 g/mol. The Hall–Kier alpha value is -2.92. The Labute approximate surface area is 295 Å². The van der Waals surface area contributed by atoms with Crippen LogP contribution in [0.3, 0.4) is 0 Å². The van der Waals surface area contributed by atoms with Crippen molar-refractivity contribution in [1.29, 1.82) is 0 Å². The summed E-state index contributed by atoms with van der Waals surface area (Å²) in [7, 11) is 1.21. The number of carboxylic acids is 1. The van der Waals surface area contributed by atoms with Crippen LogP contribution in [-0.4, -0.2) is 42.1 Å². The van der Waals surface area contributed by atoms with Gasteiger partial charge in [0.25, 0.3) is 5.79 Å². The van der Waals surface area contributed by atoms with E-state index in [4.69, 9.17) is 45.3 Å². The Morgan fingerprint density at radius 1 is 0.939 bits per heavy atom. The molecule has 2 saturated carbocycles. The number of aliphatic carboxylic acids is 1. The first-order valence-corrected chi connectivity index (χ1v) is 17.7. The Balaban J connectivity index is 1.31. The number of hydrogen-bond donors (Lipinski definition) is 1. The molecule has 8 nitrogen and oxygen atoms in total. The molecule has 10 heteroatoms. The standard InChI is InChI=1S/C39H48BClO8/c1-25-20-28-22-26(2)38(30(21-25)23-28)39(44-7,49-48-38)32-19-16-29(12-10-8-9-11-13-33(42)43)35(34(32)41)45-24-27-14-17-31(18-15-27)40-46-36(3,4)37(5,6)47-40/h8-19,25-26,28,30H,20-24H2,1-7H3,(H,42,43)/b9-8+,12-10+,13-11+. The summed E-state index contributed by atoms with van der Waals surface area (Å²) in [6.07, 6.45) is 14.0. The van der Waals surface area contributed by atoms with Gasteiger partial charge in [-0.25, -0.2) is 9.68 Å². The first-order valence-electron chi connectivity index (χ1n) is 17.3. The third-order valence-electron chi connectivity index (χ3n) is 11.4. The van der Waals surface area contributed by atoms with Crippen LogP contribution in [0.5, 0.6) is 5.75 Å². The second-order valence-electron chi connectivity index (χ2n) is 15.2. The second kappa shape index (κ2) is 13.7. The molecule has 4 aliphatic rings. The van der Waals surface area contributed by atoms with Gasteiger partial charge in [0, 0.05) is 24.3 Å². The number of rotatable bonds is 10. The summed E-state index contributed by atoms with van der Waals surface area (Å²) in [6, 6.07) is 11.9. The largest absolute Gasteiger partial charge is 0.494 e. The monoisotopic (exact) mass is 690 g/mol. The normalized spacial score (nSPS) is 32.0. The molecule has 2 aliphatic carbocycles. The van der Waals surface area contributed by atoms with Gasteiger partial charge in [-0.2, -0.15) is 4.89 Å². The highest BCUT2D eigenvalue weighted by atomic mass is 35.5. The van der Waals surface area contributed by atoms with Crippen molar-refractivity contribution in [3.63, 3.8) is 0 Å². The molecular formula is C39H48BClO8. The number of benzene rings is 2. The van der Waals surface area contributed by atoms with Crippen molar-refractivity contribution in [3.8, 4) is 5.75 Å². The molecule has 4 fully saturated rings. The van der Waals surface area contributed by atoms with E-state index in [-0.39, 0.29) is 18.4 Å². The third-order valence-corrected chi connectivity index (χ3v) is 11.8. The van der Waals surface area contributed by atoms with Gasteiger partial charge in [0.2, 0.25) is 0 Å². The van der Waals surface area contributed by atoms with Crippen LogP contribution in [0, 0.1) is 23.7 Å². The lowest BCUT2D eigenvalue weighted by atomic mass is 9.54. The number of allylic oxidation sites excluding steroid dienone is 4. The highest BCUT2D eigenvalue weighted by molar-refractivity contribution is 6.62. The first-order chi connectivity index (χ1) is 23.2. The van der Waals surface area contributed by atoms with Crippen molar-refractivity contribution in [3.05, 3.63) is 88.5 Å². The zero-order valence-electron chi connectivity index (χ0n) is 29.5. The van der Waals surface area contributed by atoms with Crippen LogP contribution >= 0.6 is 11.6 Å². The molecule has 2 aromatic rings. The maximum atomic E-state index is 10.8. The van der Waals surface area contributed by atoms with E-state index in [1.807, 2.05) is 76.2 Å². The van der Waals surface area contributed by atoms with E-state index < -0.39 is 35.7 Å². The second-order valence-corrected chi connectivity index (χ2v) is 15.6. The lowest BCUT2D eigenvalue weighted by molar-refractivity contribution is -0.641. The van der Waals surface area contributed by atoms with Crippen molar-refractivity contribution in [2.45, 2.75) is 96.4 Å². The summed E-state index contributed by atoms with van der Waals surface area (Å²) in [5, 5.41) is 9.27. The minimum atomic E-state index is -1.19. The molecule has 6 unspecified atom stereocenters. The molecule has 6 atom stereocenters. The van der Waals surface area contributed by atoms with E-state index in [9.17, 15) is 4.79 Å². The number of fused-ring (bicyclic) bond motifs is 3. The molecule has 0 aromatic heterocycles. The van der Waals surface area contributed by atoms with Crippen LogP contribution in [0.25, 0.3) is 6.08 Å². The Morgan fingerprint density at radius 2 is 1.63 bits per heavy atom. The number of carboxylic acid groups (broad SMARTS) is 1. The molecule has 2 saturated heterocycles. The molecule has 49 heavy (non-hydrogen) atoms. The van der Waals surface area contributed by atoms with Gasteiger partial charge < -0.3 is 23.9 Å². The zero-order valence-corrected chi connectivity index (χ0v) is 30.3. The highest BCUT2D eigenvalue weighted by Crippen LogP contribution is 2.65. The van der Waals surface area contributed by atoms with Gasteiger partial charge in [0.05, 0.1) is 16.2 Å². The summed E-state index contributed by atoms with van der Waals surface area (Å²) in [5.74, 6) is 0.0262. The first kappa shape index (κ1) is 35.9. The molecule has 2 aromatic carbocycles. The van der Waals surface area contributed by atoms with Crippen molar-refractivity contribution in [2.24, 2.45) is 23.7 Å². The zero-order chi connectivity index (χ0) is 35.2. The van der Waals surface area contributed by atoms with Crippen molar-refractivity contribution >= 4 is 36.2 Å². The number of ether oxygens (including phenoxy) is 2. The Bertz CT molecular complexity index is 1610. The average Bonchev–Trinajstić information content (AvgIpc) is 3.25. The minimum Gasteiger partial charge on any atom is -0.487 e. The Kier molecular flexibility index (Phi) is 10.0. The van der Waals surface area contributed by atoms with E-state index in [1.54, 1.807) is 19.3 Å². The van der Waals surface area contributed by atoms with Crippen LogP contribution in [0.15, 0.2) is 66.8 Å². The smallest absolute Gasteiger partial charge is 0.487 e. The fourth-order valence-electron chi connectivity index (χ4n) is 8.32. The van der Waals surface area contributed by atoms with Crippen LogP contribution < -0.4 is 10.2 Å². The third kappa shape index (κ3) is 6.43. The average molecular weight is 691 g/mol. The number of halogens is 1. The molecule has 2 aliphatic heterocycles. The van der Waals surface area contributed by atoms with E-state index in [1.165, 1.54) is 12.5 Å². The number of carbonyl (C=O) groups is 1. The highest BCUT2D eigenvalue weighted by Gasteiger charge is 2.74. The van der Waals surface area contributed by atoms with Crippen molar-refractivity contribution in [1.82, 2.24) is 0 Å². The van der Waals surface area contributed by atoms with E-state index in [2.05, 4.69) is 13.8 Å². The van der Waals surface area contributed by atoms with Gasteiger partial charge >= 0.3 is 13.1 Å². The molecule has 1 spiro atoms. The number of hydrogen-bond acceptors (Lipinski definition) is 7. The molecule has 262 valence electrons. The minimum absolute atomic E-state index is 0.198. The number of methoxy groups -OCH3 is 1. The SMILES string of the molecule is COC1(c2ccc(/C=C/C=C/C=C/C(=O)O)c(OCc3ccc(B4OC(C)(C)C(C)(C)O4)cc3)c2Cl)OOC12C(C)CC1CC(C)CC2C1. The molecule has 0 radical (unpaired) electrons. The van der Waals surface area contributed by atoms with Gasteiger partial charge in [0.15, 0.2) is 5.60 Å². The molecule has 2 heterocycles. The molecule has 2 bridgehead atoms. The Morgan fingerprint density at radius 3 is 2.27 bits per heavy atom. The van der Waals surface area contributed by atoms with Crippen molar-refractivity contribution in [2.75, 3.05) is 7.11 Å². The lowest BCUT2D eigenvalue weighted by Gasteiger charge is -2.65. The summed E-state index contributed by atoms with van der Waals surface area (Å²) in [4.78, 5) is 23.1. The van der Waals surface area contributed by atoms with Crippen LogP contribution in [0.2, 0.25) is 5.02 Å². The fourth-order valence-corrected chi connectivity index (χ4v) is 8.67. The molecule has 0 amide bonds. The topological polar surface area (TPSA) is 92.7 Å². The van der Waals surface area contributed by atoms with Gasteiger partial charge in [-0.05, 0) is 88.1 Å². The van der Waals surface area contributed by atoms with E-state index in [0.717, 1.165) is 41.9 Å². The summed E-state index contributed by atoms with van der Waals surface area (Å²) in [6.45, 7) is 13.0. The van der Waals surface area contributed by atoms with Gasteiger partial charge in [-0.1, -0.05) is 92.2 Å². The van der Waals surface area contributed by atoms with E-state index in [0.29, 0.717) is 28.2 Å². The van der Waals surface area contributed by atoms with Gasteiger partial charge in [-0.15, -0.1) is 0 Å². The summed E-state index contributed by atoms with van der Waals surface area (Å²) in [5.41, 5.74) is 1.78. The quantitative estimate of drug-likeness (QED) is 0.116. The lowest BCUT2D eigenvalue weighted by Crippen LogP contribution is -2.74. The van der Waals surface area contributed by atoms with Gasteiger partial charge in [-0.3, -0.25) is 0 Å². The maximum absolute atomic E-state index is 10.8. The van der Waals surface area contributed by atoms with Crippen LogP contribution in [-0.2, 0) is 41.0 Å². The van der Waals surface area contributed by atoms with Gasteiger partial charge in [0.1, 0.15) is 12.4 Å². The molecule has 6 rings (SSSR count). The van der Waals surface area contributed by atoms with Crippen LogP contribution in [0.4, 0.5) is 0 Å². The summed E-state index contributed by atoms with van der Waals surface area (Å²) >= 11 is 7.33. The fraction of sp³-hybridized carbons (Fsp3) is 0.513. The van der Waals surface area contributed by atoms with Crippen LogP contribution in [0.1, 0.15) is 83.9 Å². The maximum Gasteiger partial charge on any atom is 0.494 e. The van der Waals surface area contributed by atoms with E-state index >= 15 is 0 Å². The van der Waals surface area contributed by atoms with Crippen molar-refractivity contribution < 1.29 is 38.5 Å². The predicted octanol–water partition coefficient (Wildman–Crippen LogP) is 8.02.